The molecule has 0 aliphatic carbocycles. The molecule has 7 heteroatoms. The molecule has 0 unspecified atom stereocenters. The molecule has 0 spiro atoms. The quantitative estimate of drug-likeness (QED) is 0.703. The second kappa shape index (κ2) is 3.03. The van der Waals surface area contributed by atoms with Crippen LogP contribution in [0, 0.1) is 0 Å². The molecule has 16 heavy (non-hydrogen) atoms. The van der Waals surface area contributed by atoms with Crippen LogP contribution in [0.25, 0.3) is 11.1 Å². The van der Waals surface area contributed by atoms with Gasteiger partial charge in [0.25, 0.3) is 0 Å². The van der Waals surface area contributed by atoms with Crippen molar-refractivity contribution >= 4 is 16.8 Å². The third kappa shape index (κ3) is 1.44. The third-order valence-electron chi connectivity index (χ3n) is 2.25. The molecule has 1 aromatic carbocycles. The van der Waals surface area contributed by atoms with Gasteiger partial charge in [-0.1, -0.05) is 0 Å². The van der Waals surface area contributed by atoms with Gasteiger partial charge in [0.05, 0.1) is 16.8 Å². The molecule has 0 atom stereocenters. The van der Waals surface area contributed by atoms with E-state index in [1.165, 1.54) is 7.05 Å². The summed E-state index contributed by atoms with van der Waals surface area (Å²) >= 11 is 0. The van der Waals surface area contributed by atoms with Crippen LogP contribution in [0.1, 0.15) is 5.56 Å². The molecular weight excluding hydrogens is 225 g/mol. The molecular formula is C9H7F3N2O2. The Kier molecular flexibility index (Phi) is 2.01. The van der Waals surface area contributed by atoms with Crippen LogP contribution in [-0.2, 0) is 13.2 Å². The average Bonchev–Trinajstić information content (AvgIpc) is 2.44. The molecule has 0 radical (unpaired) electrons. The fraction of sp³-hybridized carbons (Fsp3) is 0.222. The Bertz CT molecular complexity index is 609. The molecule has 2 rings (SSSR count). The lowest BCUT2D eigenvalue weighted by molar-refractivity contribution is -0.137. The first-order valence-corrected chi connectivity index (χ1v) is 4.27. The molecule has 0 fully saturated rings. The van der Waals surface area contributed by atoms with Gasteiger partial charge in [-0.2, -0.15) is 13.2 Å². The lowest BCUT2D eigenvalue weighted by Crippen LogP contribution is -2.09. The maximum atomic E-state index is 12.5. The summed E-state index contributed by atoms with van der Waals surface area (Å²) in [7, 11) is 1.31. The van der Waals surface area contributed by atoms with E-state index in [0.29, 0.717) is 0 Å². The maximum Gasteiger partial charge on any atom is 0.419 e. The monoisotopic (exact) mass is 232 g/mol. The van der Waals surface area contributed by atoms with Gasteiger partial charge < -0.3 is 10.2 Å². The second-order valence-electron chi connectivity index (χ2n) is 3.34. The van der Waals surface area contributed by atoms with Crippen LogP contribution >= 0.6 is 0 Å². The summed E-state index contributed by atoms with van der Waals surface area (Å²) in [6.07, 6.45) is -4.50. The molecule has 2 N–H and O–H groups in total. The molecule has 1 aromatic heterocycles. The molecule has 1 heterocycles. The number of anilines is 1. The normalized spacial score (nSPS) is 12.2. The fourth-order valence-corrected chi connectivity index (χ4v) is 1.41. The highest BCUT2D eigenvalue weighted by atomic mass is 19.4. The van der Waals surface area contributed by atoms with Crippen molar-refractivity contribution in [3.8, 4) is 0 Å². The number of nitrogens with zero attached hydrogens (tertiary/aromatic N) is 1. The molecule has 0 bridgehead atoms. The first-order chi connectivity index (χ1) is 7.30. The summed E-state index contributed by atoms with van der Waals surface area (Å²) in [5.41, 5.74) is 4.27. The summed E-state index contributed by atoms with van der Waals surface area (Å²) in [5.74, 6) is -0.749. The van der Waals surface area contributed by atoms with E-state index in [2.05, 4.69) is 0 Å². The van der Waals surface area contributed by atoms with Crippen LogP contribution < -0.4 is 11.5 Å². The highest BCUT2D eigenvalue weighted by Crippen LogP contribution is 2.33. The number of fused-ring (bicyclic) bond motifs is 1. The largest absolute Gasteiger partial charge is 0.419 e. The van der Waals surface area contributed by atoms with Crippen LogP contribution in [0.15, 0.2) is 21.3 Å². The number of alkyl halides is 3. The molecule has 0 aliphatic heterocycles. The van der Waals surface area contributed by atoms with Crippen molar-refractivity contribution in [1.82, 2.24) is 4.57 Å². The van der Waals surface area contributed by atoms with Crippen LogP contribution in [0.3, 0.4) is 0 Å². The van der Waals surface area contributed by atoms with Gasteiger partial charge in [0.15, 0.2) is 5.58 Å². The predicted octanol–water partition coefficient (Wildman–Crippen LogP) is 1.73. The number of nitrogens with two attached hydrogens (primary N) is 1. The first kappa shape index (κ1) is 10.6. The number of halogens is 3. The van der Waals surface area contributed by atoms with E-state index in [4.69, 9.17) is 10.2 Å². The minimum Gasteiger partial charge on any atom is -0.405 e. The lowest BCUT2D eigenvalue weighted by atomic mass is 10.1. The van der Waals surface area contributed by atoms with E-state index in [9.17, 15) is 18.0 Å². The number of aryl methyl sites for hydroxylation is 1. The topological polar surface area (TPSA) is 61.2 Å². The number of rotatable bonds is 0. The Morgan fingerprint density at radius 3 is 2.56 bits per heavy atom. The van der Waals surface area contributed by atoms with Crippen LogP contribution in [0.4, 0.5) is 18.9 Å². The van der Waals surface area contributed by atoms with Crippen LogP contribution in [0.2, 0.25) is 0 Å². The number of oxazole rings is 1. The van der Waals surface area contributed by atoms with Crippen molar-refractivity contribution in [2.24, 2.45) is 7.05 Å². The summed E-state index contributed by atoms with van der Waals surface area (Å²) in [6.45, 7) is 0. The van der Waals surface area contributed by atoms with E-state index in [0.717, 1.165) is 16.7 Å². The van der Waals surface area contributed by atoms with Gasteiger partial charge in [-0.3, -0.25) is 4.57 Å². The summed E-state index contributed by atoms with van der Waals surface area (Å²) in [4.78, 5) is 11.1. The van der Waals surface area contributed by atoms with Gasteiger partial charge in [0, 0.05) is 7.05 Å². The van der Waals surface area contributed by atoms with E-state index >= 15 is 0 Å². The Balaban J connectivity index is 2.85. The van der Waals surface area contributed by atoms with Gasteiger partial charge in [-0.25, -0.2) is 4.79 Å². The zero-order valence-electron chi connectivity index (χ0n) is 8.13. The summed E-state index contributed by atoms with van der Waals surface area (Å²) in [6, 6.07) is 1.57. The Labute approximate surface area is 87.1 Å². The molecule has 0 amide bonds. The molecule has 0 saturated carbocycles. The van der Waals surface area contributed by atoms with E-state index in [1.54, 1.807) is 0 Å². The van der Waals surface area contributed by atoms with Gasteiger partial charge in [-0.05, 0) is 12.1 Å². The van der Waals surface area contributed by atoms with Crippen molar-refractivity contribution < 1.29 is 17.6 Å². The predicted molar refractivity (Wildman–Crippen MR) is 50.9 cm³/mol. The van der Waals surface area contributed by atoms with Gasteiger partial charge >= 0.3 is 11.9 Å². The highest BCUT2D eigenvalue weighted by molar-refractivity contribution is 5.86. The van der Waals surface area contributed by atoms with Gasteiger partial charge in [-0.15, -0.1) is 0 Å². The lowest BCUT2D eigenvalue weighted by Gasteiger charge is -2.07. The highest BCUT2D eigenvalue weighted by Gasteiger charge is 2.32. The minimum absolute atomic E-state index is 0.0253. The number of hydrogen-bond donors (Lipinski definition) is 1. The molecule has 0 aliphatic rings. The smallest absolute Gasteiger partial charge is 0.405 e. The standard InChI is InChI=1S/C9H7F3N2O2/c1-14-6-3-4(9(10,11)12)2-5(13)7(6)16-8(14)15/h2-3H,13H2,1H3. The fourth-order valence-electron chi connectivity index (χ4n) is 1.41. The maximum absolute atomic E-state index is 12.5. The molecule has 86 valence electrons. The molecule has 2 aromatic rings. The number of benzene rings is 1. The Morgan fingerprint density at radius 1 is 1.38 bits per heavy atom. The van der Waals surface area contributed by atoms with Crippen LogP contribution in [0.5, 0.6) is 0 Å². The van der Waals surface area contributed by atoms with E-state index in [-0.39, 0.29) is 16.8 Å². The number of nitrogen functional groups attached to an aromatic ring is 1. The van der Waals surface area contributed by atoms with Crippen molar-refractivity contribution in [1.29, 1.82) is 0 Å². The molecule has 0 saturated heterocycles. The van der Waals surface area contributed by atoms with Crippen molar-refractivity contribution in [3.63, 3.8) is 0 Å². The van der Waals surface area contributed by atoms with Crippen LogP contribution in [-0.4, -0.2) is 4.57 Å². The SMILES string of the molecule is Cn1c(=O)oc2c(N)cc(C(F)(F)F)cc21. The minimum atomic E-state index is -4.50. The van der Waals surface area contributed by atoms with E-state index in [1.807, 2.05) is 0 Å². The Hall–Kier alpha value is -1.92. The third-order valence-corrected chi connectivity index (χ3v) is 2.25. The first-order valence-electron chi connectivity index (χ1n) is 4.27. The van der Waals surface area contributed by atoms with Gasteiger partial charge in [0.2, 0.25) is 0 Å². The van der Waals surface area contributed by atoms with E-state index < -0.39 is 17.5 Å². The number of hydrogen-bond acceptors (Lipinski definition) is 3. The zero-order valence-corrected chi connectivity index (χ0v) is 8.13. The summed E-state index contributed by atoms with van der Waals surface area (Å²) in [5, 5.41) is 0. The van der Waals surface area contributed by atoms with Gasteiger partial charge in [0.1, 0.15) is 0 Å². The average molecular weight is 232 g/mol. The molecule has 4 nitrogen and oxygen atoms in total. The van der Waals surface area contributed by atoms with Crippen molar-refractivity contribution in [2.75, 3.05) is 5.73 Å². The zero-order chi connectivity index (χ0) is 12.1. The van der Waals surface area contributed by atoms with Crippen molar-refractivity contribution in [3.05, 3.63) is 28.2 Å². The second-order valence-corrected chi connectivity index (χ2v) is 3.34. The van der Waals surface area contributed by atoms with Crippen molar-refractivity contribution in [2.45, 2.75) is 6.18 Å². The summed E-state index contributed by atoms with van der Waals surface area (Å²) < 4.78 is 43.1. The number of aromatic nitrogens is 1. The Morgan fingerprint density at radius 2 is 2.00 bits per heavy atom.